The summed E-state index contributed by atoms with van der Waals surface area (Å²) < 4.78 is 22.7. The maximum absolute atomic E-state index is 10.9. The summed E-state index contributed by atoms with van der Waals surface area (Å²) in [5.74, 6) is 2.48. The lowest BCUT2D eigenvalue weighted by atomic mass is 10.1. The Labute approximate surface area is 201 Å². The van der Waals surface area contributed by atoms with Crippen molar-refractivity contribution in [2.24, 2.45) is 0 Å². The lowest BCUT2D eigenvalue weighted by Gasteiger charge is -2.14. The second-order valence-corrected chi connectivity index (χ2v) is 7.36. The van der Waals surface area contributed by atoms with E-state index in [1.165, 1.54) is 0 Å². The summed E-state index contributed by atoms with van der Waals surface area (Å²) in [5.41, 5.74) is 2.49. The van der Waals surface area contributed by atoms with E-state index in [4.69, 9.17) is 18.9 Å². The third-order valence-electron chi connectivity index (χ3n) is 4.89. The molecule has 176 valence electrons. The Morgan fingerprint density at radius 3 is 2.26 bits per heavy atom. The van der Waals surface area contributed by atoms with Crippen LogP contribution in [0.1, 0.15) is 36.6 Å². The molecule has 1 unspecified atom stereocenters. The molecule has 0 fully saturated rings. The van der Waals surface area contributed by atoms with Gasteiger partial charge in [-0.3, -0.25) is 0 Å². The van der Waals surface area contributed by atoms with Gasteiger partial charge in [-0.25, -0.2) is 0 Å². The van der Waals surface area contributed by atoms with E-state index in [0.29, 0.717) is 35.2 Å². The van der Waals surface area contributed by atoms with Gasteiger partial charge in [-0.15, -0.1) is 0 Å². The van der Waals surface area contributed by atoms with Gasteiger partial charge in [0.25, 0.3) is 0 Å². The van der Waals surface area contributed by atoms with E-state index in [-0.39, 0.29) is 0 Å². The molecule has 0 bridgehead atoms. The van der Waals surface area contributed by atoms with Crippen molar-refractivity contribution in [3.05, 3.63) is 114 Å². The van der Waals surface area contributed by atoms with Gasteiger partial charge in [0.15, 0.2) is 0 Å². The summed E-state index contributed by atoms with van der Waals surface area (Å²) in [4.78, 5) is 0. The zero-order valence-electron chi connectivity index (χ0n) is 19.7. The van der Waals surface area contributed by atoms with E-state index < -0.39 is 6.10 Å². The first kappa shape index (κ1) is 24.7. The van der Waals surface area contributed by atoms with Gasteiger partial charge in [-0.1, -0.05) is 54.6 Å². The predicted octanol–water partition coefficient (Wildman–Crippen LogP) is 6.85. The minimum absolute atomic E-state index is 0.423. The zero-order chi connectivity index (χ0) is 24.2. The average Bonchev–Trinajstić information content (AvgIpc) is 2.88. The molecule has 5 nitrogen and oxygen atoms in total. The predicted molar refractivity (Wildman–Crippen MR) is 135 cm³/mol. The van der Waals surface area contributed by atoms with Crippen LogP contribution in [-0.4, -0.2) is 12.2 Å². The Bertz CT molecular complexity index is 1130. The lowest BCUT2D eigenvalue weighted by molar-refractivity contribution is 0.225. The average molecular weight is 459 g/mol. The van der Waals surface area contributed by atoms with E-state index in [2.05, 4.69) is 0 Å². The van der Waals surface area contributed by atoms with Gasteiger partial charge in [0, 0.05) is 23.3 Å². The molecule has 0 spiro atoms. The first-order valence-electron chi connectivity index (χ1n) is 11.0. The van der Waals surface area contributed by atoms with Crippen LogP contribution in [0.25, 0.3) is 6.08 Å². The molecule has 0 saturated heterocycles. The fourth-order valence-electron chi connectivity index (χ4n) is 3.16. The first-order valence-corrected chi connectivity index (χ1v) is 11.0. The van der Waals surface area contributed by atoms with E-state index in [0.717, 1.165) is 11.1 Å². The molecule has 0 amide bonds. The molecule has 3 rings (SSSR count). The SMILES string of the molecule is CC=COc1ccc(C(O)C=Cc2ccc(OC)cc2OCc2ccccc2)c(OC=CC)c1. The summed E-state index contributed by atoms with van der Waals surface area (Å²) >= 11 is 0. The van der Waals surface area contributed by atoms with Gasteiger partial charge in [-0.05, 0) is 43.7 Å². The van der Waals surface area contributed by atoms with Crippen LogP contribution >= 0.6 is 0 Å². The molecule has 3 aromatic carbocycles. The molecule has 0 heterocycles. The number of hydrogen-bond acceptors (Lipinski definition) is 5. The largest absolute Gasteiger partial charge is 0.497 e. The van der Waals surface area contributed by atoms with Crippen molar-refractivity contribution in [1.29, 1.82) is 0 Å². The van der Waals surface area contributed by atoms with Gasteiger partial charge < -0.3 is 24.1 Å². The molecule has 0 aliphatic heterocycles. The van der Waals surface area contributed by atoms with Crippen molar-refractivity contribution < 1.29 is 24.1 Å². The minimum atomic E-state index is -0.903. The third-order valence-corrected chi connectivity index (χ3v) is 4.89. The van der Waals surface area contributed by atoms with Gasteiger partial charge in [0.1, 0.15) is 35.7 Å². The second-order valence-electron chi connectivity index (χ2n) is 7.36. The van der Waals surface area contributed by atoms with Gasteiger partial charge >= 0.3 is 0 Å². The van der Waals surface area contributed by atoms with E-state index >= 15 is 0 Å². The van der Waals surface area contributed by atoms with Crippen LogP contribution in [0.4, 0.5) is 0 Å². The second kappa shape index (κ2) is 12.9. The number of aliphatic hydroxyl groups excluding tert-OH is 1. The summed E-state index contributed by atoms with van der Waals surface area (Å²) in [6, 6.07) is 20.8. The number of methoxy groups -OCH3 is 1. The van der Waals surface area contributed by atoms with Crippen LogP contribution in [0.5, 0.6) is 23.0 Å². The van der Waals surface area contributed by atoms with E-state index in [1.807, 2.05) is 68.5 Å². The minimum Gasteiger partial charge on any atom is -0.497 e. The van der Waals surface area contributed by atoms with Crippen molar-refractivity contribution in [2.75, 3.05) is 7.11 Å². The van der Waals surface area contributed by atoms with E-state index in [9.17, 15) is 5.11 Å². The monoisotopic (exact) mass is 458 g/mol. The van der Waals surface area contributed by atoms with Crippen molar-refractivity contribution in [1.82, 2.24) is 0 Å². The summed E-state index contributed by atoms with van der Waals surface area (Å²) in [6.07, 6.45) is 9.35. The highest BCUT2D eigenvalue weighted by atomic mass is 16.5. The number of allylic oxidation sites excluding steroid dienone is 2. The van der Waals surface area contributed by atoms with Crippen LogP contribution < -0.4 is 18.9 Å². The standard InChI is InChI=1S/C29H30O5/c1-4-17-32-25-14-15-26(29(20-25)33-18-5-2)27(30)16-12-23-11-13-24(31-3)19-28(23)34-21-22-9-7-6-8-10-22/h4-20,27,30H,21H2,1-3H3. The zero-order valence-corrected chi connectivity index (χ0v) is 19.7. The molecule has 5 heteroatoms. The number of benzene rings is 3. The number of aliphatic hydroxyl groups is 1. The summed E-state index contributed by atoms with van der Waals surface area (Å²) in [5, 5.41) is 10.9. The molecule has 0 aliphatic carbocycles. The lowest BCUT2D eigenvalue weighted by Crippen LogP contribution is -1.99. The summed E-state index contributed by atoms with van der Waals surface area (Å²) in [6.45, 7) is 4.15. The first-order chi connectivity index (χ1) is 16.6. The smallest absolute Gasteiger partial charge is 0.136 e. The van der Waals surface area contributed by atoms with Crippen molar-refractivity contribution in [3.63, 3.8) is 0 Å². The third kappa shape index (κ3) is 7.02. The molecule has 0 aliphatic rings. The van der Waals surface area contributed by atoms with Crippen LogP contribution in [0.3, 0.4) is 0 Å². The fourth-order valence-corrected chi connectivity index (χ4v) is 3.16. The van der Waals surface area contributed by atoms with Crippen molar-refractivity contribution in [3.8, 4) is 23.0 Å². The molecule has 3 aromatic rings. The Balaban J connectivity index is 1.83. The van der Waals surface area contributed by atoms with Crippen LogP contribution in [0.15, 0.2) is 97.5 Å². The molecule has 34 heavy (non-hydrogen) atoms. The van der Waals surface area contributed by atoms with E-state index in [1.54, 1.807) is 56.1 Å². The quantitative estimate of drug-likeness (QED) is 0.319. The van der Waals surface area contributed by atoms with Crippen molar-refractivity contribution in [2.45, 2.75) is 26.6 Å². The fraction of sp³-hybridized carbons (Fsp3) is 0.172. The normalized spacial score (nSPS) is 12.4. The molecular formula is C29H30O5. The molecule has 0 saturated carbocycles. The Morgan fingerprint density at radius 1 is 0.824 bits per heavy atom. The van der Waals surface area contributed by atoms with Crippen LogP contribution in [0, 0.1) is 0 Å². The topological polar surface area (TPSA) is 57.2 Å². The van der Waals surface area contributed by atoms with Crippen LogP contribution in [-0.2, 0) is 6.61 Å². The van der Waals surface area contributed by atoms with Gasteiger partial charge in [-0.2, -0.15) is 0 Å². The molecule has 1 N–H and O–H groups in total. The maximum atomic E-state index is 10.9. The van der Waals surface area contributed by atoms with Crippen LogP contribution in [0.2, 0.25) is 0 Å². The van der Waals surface area contributed by atoms with Gasteiger partial charge in [0.2, 0.25) is 0 Å². The molecule has 0 aromatic heterocycles. The number of ether oxygens (including phenoxy) is 4. The highest BCUT2D eigenvalue weighted by Crippen LogP contribution is 2.33. The number of rotatable bonds is 11. The highest BCUT2D eigenvalue weighted by molar-refractivity contribution is 5.60. The van der Waals surface area contributed by atoms with Gasteiger partial charge in [0.05, 0.1) is 19.6 Å². The maximum Gasteiger partial charge on any atom is 0.136 e. The summed E-state index contributed by atoms with van der Waals surface area (Å²) in [7, 11) is 1.62. The Kier molecular flexibility index (Phi) is 9.38. The Morgan fingerprint density at radius 2 is 1.53 bits per heavy atom. The highest BCUT2D eigenvalue weighted by Gasteiger charge is 2.13. The molecular weight excluding hydrogens is 428 g/mol. The van der Waals surface area contributed by atoms with Crippen molar-refractivity contribution >= 4 is 6.08 Å². The number of hydrogen-bond donors (Lipinski definition) is 1. The molecule has 1 atom stereocenters. The molecule has 0 radical (unpaired) electrons. The Hall–Kier alpha value is -3.96.